The summed E-state index contributed by atoms with van der Waals surface area (Å²) >= 11 is 5.58. The van der Waals surface area contributed by atoms with Gasteiger partial charge in [0.2, 0.25) is 0 Å². The van der Waals surface area contributed by atoms with E-state index >= 15 is 0 Å². The second-order valence-corrected chi connectivity index (χ2v) is 3.11. The molecule has 84 valence electrons. The van der Waals surface area contributed by atoms with Crippen LogP contribution in [0.2, 0.25) is 5.22 Å². The lowest BCUT2D eigenvalue weighted by Crippen LogP contribution is -2.04. The summed E-state index contributed by atoms with van der Waals surface area (Å²) < 4.78 is 14.8. The molecule has 0 radical (unpaired) electrons. The molecule has 2 aromatic heterocycles. The van der Waals surface area contributed by atoms with Gasteiger partial charge < -0.3 is 13.6 Å². The van der Waals surface area contributed by atoms with Crippen molar-refractivity contribution >= 4 is 17.6 Å². The minimum Gasteiger partial charge on any atom is -0.459 e. The summed E-state index contributed by atoms with van der Waals surface area (Å²) in [5, 5.41) is 7.36. The predicted molar refractivity (Wildman–Crippen MR) is 53.0 cm³/mol. The Bertz CT molecular complexity index is 505. The van der Waals surface area contributed by atoms with Crippen molar-refractivity contribution in [3.05, 3.63) is 23.2 Å². The summed E-state index contributed by atoms with van der Waals surface area (Å²) in [5.74, 6) is -0.508. The predicted octanol–water partition coefficient (Wildman–Crippen LogP) is 2.16. The van der Waals surface area contributed by atoms with Crippen LogP contribution in [0.4, 0.5) is 0 Å². The summed E-state index contributed by atoms with van der Waals surface area (Å²) in [5.41, 5.74) is 0. The number of ether oxygens (including phenoxy) is 1. The van der Waals surface area contributed by atoms with E-state index in [1.165, 1.54) is 6.07 Å². The fourth-order valence-electron chi connectivity index (χ4n) is 1.03. The quantitative estimate of drug-likeness (QED) is 0.768. The first-order valence-electron chi connectivity index (χ1n) is 4.47. The number of hydrogen-bond donors (Lipinski definition) is 0. The first kappa shape index (κ1) is 10.7. The van der Waals surface area contributed by atoms with Crippen molar-refractivity contribution < 1.29 is 18.4 Å². The van der Waals surface area contributed by atoms with E-state index in [2.05, 4.69) is 10.2 Å². The van der Waals surface area contributed by atoms with Crippen LogP contribution in [-0.4, -0.2) is 22.8 Å². The van der Waals surface area contributed by atoms with Crippen molar-refractivity contribution in [3.63, 3.8) is 0 Å². The summed E-state index contributed by atoms with van der Waals surface area (Å²) in [6.45, 7) is 1.92. The molecule has 0 saturated carbocycles. The number of furan rings is 1. The van der Waals surface area contributed by atoms with Gasteiger partial charge in [0.15, 0.2) is 11.0 Å². The van der Waals surface area contributed by atoms with Crippen LogP contribution in [-0.2, 0) is 4.74 Å². The SMILES string of the molecule is CCOC(=O)c1nnc(-c2ccc(Cl)o2)o1. The molecule has 0 bridgehead atoms. The number of nitrogens with zero attached hydrogens (tertiary/aromatic N) is 2. The first-order chi connectivity index (χ1) is 7.70. The van der Waals surface area contributed by atoms with Gasteiger partial charge in [0, 0.05) is 0 Å². The van der Waals surface area contributed by atoms with Gasteiger partial charge in [0.05, 0.1) is 6.61 Å². The van der Waals surface area contributed by atoms with Crippen LogP contribution in [0.5, 0.6) is 0 Å². The maximum absolute atomic E-state index is 11.2. The number of aromatic nitrogens is 2. The Hall–Kier alpha value is -1.82. The van der Waals surface area contributed by atoms with E-state index in [9.17, 15) is 4.79 Å². The van der Waals surface area contributed by atoms with Gasteiger partial charge >= 0.3 is 11.9 Å². The number of carbonyl (C=O) groups excluding carboxylic acids is 1. The highest BCUT2D eigenvalue weighted by Gasteiger charge is 2.18. The molecule has 2 aromatic rings. The van der Waals surface area contributed by atoms with Gasteiger partial charge in [-0.05, 0) is 30.7 Å². The van der Waals surface area contributed by atoms with Crippen LogP contribution in [0.1, 0.15) is 17.6 Å². The van der Waals surface area contributed by atoms with Gasteiger partial charge in [-0.1, -0.05) is 0 Å². The molecule has 2 rings (SSSR count). The summed E-state index contributed by atoms with van der Waals surface area (Å²) in [4.78, 5) is 11.2. The molecule has 16 heavy (non-hydrogen) atoms. The third-order valence-electron chi connectivity index (χ3n) is 1.66. The van der Waals surface area contributed by atoms with Gasteiger partial charge in [-0.15, -0.1) is 10.2 Å². The van der Waals surface area contributed by atoms with Crippen LogP contribution in [0, 0.1) is 0 Å². The average molecular weight is 243 g/mol. The Balaban J connectivity index is 2.22. The summed E-state index contributed by atoms with van der Waals surface area (Å²) in [7, 11) is 0. The molecule has 0 aliphatic rings. The maximum Gasteiger partial charge on any atom is 0.396 e. The summed E-state index contributed by atoms with van der Waals surface area (Å²) in [6, 6.07) is 3.09. The molecule has 0 aromatic carbocycles. The highest BCUT2D eigenvalue weighted by molar-refractivity contribution is 6.28. The molecular weight excluding hydrogens is 236 g/mol. The van der Waals surface area contributed by atoms with Gasteiger partial charge in [-0.3, -0.25) is 0 Å². The Kier molecular flexibility index (Phi) is 2.91. The largest absolute Gasteiger partial charge is 0.459 e. The summed E-state index contributed by atoms with van der Waals surface area (Å²) in [6.07, 6.45) is 0. The van der Waals surface area contributed by atoms with Crippen molar-refractivity contribution in [1.82, 2.24) is 10.2 Å². The van der Waals surface area contributed by atoms with Crippen LogP contribution in [0.25, 0.3) is 11.7 Å². The number of rotatable bonds is 3. The van der Waals surface area contributed by atoms with E-state index in [1.807, 2.05) is 0 Å². The molecule has 0 atom stereocenters. The van der Waals surface area contributed by atoms with Gasteiger partial charge in [-0.2, -0.15) is 0 Å². The zero-order valence-electron chi connectivity index (χ0n) is 8.27. The molecule has 0 aliphatic heterocycles. The Morgan fingerprint density at radius 1 is 1.44 bits per heavy atom. The van der Waals surface area contributed by atoms with Gasteiger partial charge in [0.25, 0.3) is 5.89 Å². The fourth-order valence-corrected chi connectivity index (χ4v) is 1.17. The highest BCUT2D eigenvalue weighted by atomic mass is 35.5. The third kappa shape index (κ3) is 2.06. The smallest absolute Gasteiger partial charge is 0.396 e. The number of esters is 1. The molecular formula is C9H7ClN2O4. The Labute approximate surface area is 95.2 Å². The zero-order chi connectivity index (χ0) is 11.5. The monoisotopic (exact) mass is 242 g/mol. The van der Waals surface area contributed by atoms with E-state index in [4.69, 9.17) is 25.2 Å². The zero-order valence-corrected chi connectivity index (χ0v) is 9.02. The van der Waals surface area contributed by atoms with Crippen molar-refractivity contribution in [2.75, 3.05) is 6.61 Å². The van der Waals surface area contributed by atoms with Crippen LogP contribution < -0.4 is 0 Å². The molecule has 0 unspecified atom stereocenters. The van der Waals surface area contributed by atoms with E-state index in [0.29, 0.717) is 5.76 Å². The second kappa shape index (κ2) is 4.36. The molecule has 0 saturated heterocycles. The maximum atomic E-state index is 11.2. The topological polar surface area (TPSA) is 78.4 Å². The fraction of sp³-hybridized carbons (Fsp3) is 0.222. The van der Waals surface area contributed by atoms with E-state index in [1.54, 1.807) is 13.0 Å². The standard InChI is InChI=1S/C9H7ClN2O4/c1-2-14-9(13)8-12-11-7(16-8)5-3-4-6(10)15-5/h3-4H,2H2,1H3. The second-order valence-electron chi connectivity index (χ2n) is 2.74. The van der Waals surface area contributed by atoms with E-state index in [0.717, 1.165) is 0 Å². The number of hydrogen-bond acceptors (Lipinski definition) is 6. The van der Waals surface area contributed by atoms with Crippen molar-refractivity contribution in [3.8, 4) is 11.7 Å². The minimum absolute atomic E-state index is 0.0787. The molecule has 7 heteroatoms. The lowest BCUT2D eigenvalue weighted by molar-refractivity contribution is 0.0481. The molecule has 0 aliphatic carbocycles. The molecule has 0 N–H and O–H groups in total. The lowest BCUT2D eigenvalue weighted by Gasteiger charge is -1.93. The Morgan fingerprint density at radius 2 is 2.25 bits per heavy atom. The third-order valence-corrected chi connectivity index (χ3v) is 1.86. The van der Waals surface area contributed by atoms with Crippen molar-refractivity contribution in [2.24, 2.45) is 0 Å². The van der Waals surface area contributed by atoms with Gasteiger partial charge in [0.1, 0.15) is 0 Å². The molecule has 0 fully saturated rings. The Morgan fingerprint density at radius 3 is 2.88 bits per heavy atom. The van der Waals surface area contributed by atoms with Crippen molar-refractivity contribution in [2.45, 2.75) is 6.92 Å². The van der Waals surface area contributed by atoms with E-state index < -0.39 is 5.97 Å². The average Bonchev–Trinajstić information content (AvgIpc) is 2.85. The molecule has 6 nitrogen and oxygen atoms in total. The molecule has 0 amide bonds. The highest BCUT2D eigenvalue weighted by Crippen LogP contribution is 2.23. The van der Waals surface area contributed by atoms with Crippen LogP contribution >= 0.6 is 11.6 Å². The lowest BCUT2D eigenvalue weighted by atomic mass is 10.4. The number of halogens is 1. The normalized spacial score (nSPS) is 10.4. The molecule has 0 spiro atoms. The van der Waals surface area contributed by atoms with Gasteiger partial charge in [-0.25, -0.2) is 4.79 Å². The van der Waals surface area contributed by atoms with Crippen LogP contribution in [0.15, 0.2) is 21.0 Å². The van der Waals surface area contributed by atoms with E-state index in [-0.39, 0.29) is 23.6 Å². The first-order valence-corrected chi connectivity index (χ1v) is 4.85. The number of carbonyl (C=O) groups is 1. The molecule has 2 heterocycles. The minimum atomic E-state index is -0.668. The van der Waals surface area contributed by atoms with Crippen molar-refractivity contribution in [1.29, 1.82) is 0 Å². The van der Waals surface area contributed by atoms with Crippen LogP contribution in [0.3, 0.4) is 0 Å².